The lowest BCUT2D eigenvalue weighted by molar-refractivity contribution is 0.160. The zero-order valence-electron chi connectivity index (χ0n) is 11.4. The minimum absolute atomic E-state index is 0.0674. The van der Waals surface area contributed by atoms with E-state index < -0.39 is 10.1 Å². The highest BCUT2D eigenvalue weighted by Crippen LogP contribution is 2.38. The minimum Gasteiger partial charge on any atom is -0.286 e. The summed E-state index contributed by atoms with van der Waals surface area (Å²) in [6, 6.07) is 0. The average Bonchev–Trinajstić information content (AvgIpc) is 1.91. The SMILES string of the molecule is CC(C)(C)CC(CCS(=O)(=O)O)C(C)(C)C. The fourth-order valence-electron chi connectivity index (χ4n) is 1.87. The highest BCUT2D eigenvalue weighted by Gasteiger charge is 2.29. The quantitative estimate of drug-likeness (QED) is 0.778. The predicted octanol–water partition coefficient (Wildman–Crippen LogP) is 3.36. The van der Waals surface area contributed by atoms with Crippen molar-refractivity contribution in [3.05, 3.63) is 0 Å². The molecule has 3 nitrogen and oxygen atoms in total. The lowest BCUT2D eigenvalue weighted by Crippen LogP contribution is -2.27. The highest BCUT2D eigenvalue weighted by molar-refractivity contribution is 7.85. The Bertz CT molecular complexity index is 304. The van der Waals surface area contributed by atoms with Crippen molar-refractivity contribution in [3.8, 4) is 0 Å². The second kappa shape index (κ2) is 5.05. The molecule has 0 amide bonds. The first-order valence-electron chi connectivity index (χ1n) is 5.76. The Labute approximate surface area is 100 Å². The van der Waals surface area contributed by atoms with E-state index >= 15 is 0 Å². The van der Waals surface area contributed by atoms with Gasteiger partial charge in [-0.25, -0.2) is 0 Å². The van der Waals surface area contributed by atoms with Crippen LogP contribution in [-0.4, -0.2) is 18.7 Å². The van der Waals surface area contributed by atoms with E-state index in [0.717, 1.165) is 6.42 Å². The Kier molecular flexibility index (Phi) is 5.02. The van der Waals surface area contributed by atoms with Crippen LogP contribution in [0.4, 0.5) is 0 Å². The van der Waals surface area contributed by atoms with Gasteiger partial charge in [0.1, 0.15) is 0 Å². The molecule has 0 aromatic carbocycles. The maximum absolute atomic E-state index is 10.8. The minimum atomic E-state index is -3.84. The van der Waals surface area contributed by atoms with Gasteiger partial charge in [-0.3, -0.25) is 4.55 Å². The third-order valence-electron chi connectivity index (χ3n) is 2.81. The van der Waals surface area contributed by atoms with Crippen LogP contribution in [0.1, 0.15) is 54.4 Å². The predicted molar refractivity (Wildman–Crippen MR) is 68.0 cm³/mol. The van der Waals surface area contributed by atoms with Crippen LogP contribution in [0.15, 0.2) is 0 Å². The lowest BCUT2D eigenvalue weighted by Gasteiger charge is -2.35. The molecule has 0 heterocycles. The standard InChI is InChI=1S/C12H26O3S/c1-11(2,3)9-10(12(4,5)6)7-8-16(13,14)15/h10H,7-9H2,1-6H3,(H,13,14,15). The molecule has 0 saturated carbocycles. The van der Waals surface area contributed by atoms with Crippen LogP contribution in [0.5, 0.6) is 0 Å². The molecule has 0 radical (unpaired) electrons. The van der Waals surface area contributed by atoms with Crippen LogP contribution < -0.4 is 0 Å². The Morgan fingerprint density at radius 1 is 1.06 bits per heavy atom. The highest BCUT2D eigenvalue weighted by atomic mass is 32.2. The van der Waals surface area contributed by atoms with E-state index in [1.807, 2.05) is 0 Å². The molecule has 1 atom stereocenters. The van der Waals surface area contributed by atoms with Crippen molar-refractivity contribution in [1.82, 2.24) is 0 Å². The first-order valence-corrected chi connectivity index (χ1v) is 7.37. The maximum Gasteiger partial charge on any atom is 0.264 e. The largest absolute Gasteiger partial charge is 0.286 e. The van der Waals surface area contributed by atoms with Gasteiger partial charge in [-0.05, 0) is 29.6 Å². The normalized spacial score (nSPS) is 16.2. The topological polar surface area (TPSA) is 54.4 Å². The molecule has 0 bridgehead atoms. The zero-order chi connectivity index (χ0) is 13.2. The van der Waals surface area contributed by atoms with Gasteiger partial charge in [-0.1, -0.05) is 41.5 Å². The van der Waals surface area contributed by atoms with E-state index in [2.05, 4.69) is 41.5 Å². The van der Waals surface area contributed by atoms with E-state index in [1.165, 1.54) is 0 Å². The Morgan fingerprint density at radius 2 is 1.50 bits per heavy atom. The lowest BCUT2D eigenvalue weighted by atomic mass is 9.71. The molecule has 0 aliphatic heterocycles. The van der Waals surface area contributed by atoms with Crippen molar-refractivity contribution < 1.29 is 13.0 Å². The Balaban J connectivity index is 4.59. The number of hydrogen-bond donors (Lipinski definition) is 1. The molecule has 0 aromatic rings. The summed E-state index contributed by atoms with van der Waals surface area (Å²) in [5.74, 6) is 0.166. The van der Waals surface area contributed by atoms with E-state index in [9.17, 15) is 8.42 Å². The molecule has 4 heteroatoms. The van der Waals surface area contributed by atoms with Gasteiger partial charge >= 0.3 is 0 Å². The average molecular weight is 250 g/mol. The molecule has 0 aliphatic carbocycles. The molecule has 1 unspecified atom stereocenters. The molecule has 16 heavy (non-hydrogen) atoms. The molecular formula is C12H26O3S. The van der Waals surface area contributed by atoms with Crippen LogP contribution in [0.3, 0.4) is 0 Å². The molecular weight excluding hydrogens is 224 g/mol. The van der Waals surface area contributed by atoms with E-state index in [1.54, 1.807) is 0 Å². The summed E-state index contributed by atoms with van der Waals surface area (Å²) in [5.41, 5.74) is 0.245. The van der Waals surface area contributed by atoms with Crippen LogP contribution in [0, 0.1) is 16.7 Å². The summed E-state index contributed by atoms with van der Waals surface area (Å²) >= 11 is 0. The third-order valence-corrected chi connectivity index (χ3v) is 3.56. The van der Waals surface area contributed by atoms with Crippen LogP contribution >= 0.6 is 0 Å². The second-order valence-corrected chi connectivity index (χ2v) is 8.47. The van der Waals surface area contributed by atoms with Gasteiger partial charge in [-0.15, -0.1) is 0 Å². The van der Waals surface area contributed by atoms with Crippen molar-refractivity contribution in [1.29, 1.82) is 0 Å². The molecule has 0 aliphatic rings. The van der Waals surface area contributed by atoms with Crippen molar-refractivity contribution in [3.63, 3.8) is 0 Å². The van der Waals surface area contributed by atoms with Gasteiger partial charge in [0.25, 0.3) is 10.1 Å². The third kappa shape index (κ3) is 8.11. The number of hydrogen-bond acceptors (Lipinski definition) is 2. The van der Waals surface area contributed by atoms with E-state index in [4.69, 9.17) is 4.55 Å². The fraction of sp³-hybridized carbons (Fsp3) is 1.00. The molecule has 1 N–H and O–H groups in total. The molecule has 0 rings (SSSR count). The van der Waals surface area contributed by atoms with Crippen molar-refractivity contribution in [2.24, 2.45) is 16.7 Å². The first kappa shape index (κ1) is 15.9. The van der Waals surface area contributed by atoms with Crippen molar-refractivity contribution >= 4 is 10.1 Å². The molecule has 0 aromatic heterocycles. The van der Waals surface area contributed by atoms with E-state index in [0.29, 0.717) is 12.3 Å². The molecule has 98 valence electrons. The Morgan fingerprint density at radius 3 is 1.75 bits per heavy atom. The van der Waals surface area contributed by atoms with Crippen molar-refractivity contribution in [2.75, 3.05) is 5.75 Å². The number of rotatable bonds is 4. The van der Waals surface area contributed by atoms with Gasteiger partial charge in [0.15, 0.2) is 0 Å². The summed E-state index contributed by atoms with van der Waals surface area (Å²) in [6.45, 7) is 12.8. The smallest absolute Gasteiger partial charge is 0.264 e. The van der Waals surface area contributed by atoms with Gasteiger partial charge in [0.05, 0.1) is 5.75 Å². The fourth-order valence-corrected chi connectivity index (χ4v) is 2.45. The van der Waals surface area contributed by atoms with Crippen molar-refractivity contribution in [2.45, 2.75) is 54.4 Å². The van der Waals surface area contributed by atoms with Gasteiger partial charge in [0.2, 0.25) is 0 Å². The van der Waals surface area contributed by atoms with Gasteiger partial charge in [0, 0.05) is 0 Å². The molecule has 0 saturated heterocycles. The summed E-state index contributed by atoms with van der Waals surface area (Å²) in [4.78, 5) is 0. The van der Waals surface area contributed by atoms with E-state index in [-0.39, 0.29) is 16.6 Å². The monoisotopic (exact) mass is 250 g/mol. The first-order chi connectivity index (χ1) is 6.81. The van der Waals surface area contributed by atoms with Crippen LogP contribution in [0.2, 0.25) is 0 Å². The molecule has 0 fully saturated rings. The van der Waals surface area contributed by atoms with Gasteiger partial charge in [-0.2, -0.15) is 8.42 Å². The molecule has 0 spiro atoms. The Hall–Kier alpha value is -0.0900. The van der Waals surface area contributed by atoms with Crippen LogP contribution in [-0.2, 0) is 10.1 Å². The van der Waals surface area contributed by atoms with Gasteiger partial charge < -0.3 is 0 Å². The summed E-state index contributed by atoms with van der Waals surface area (Å²) < 4.78 is 30.4. The summed E-state index contributed by atoms with van der Waals surface area (Å²) in [7, 11) is -3.84. The maximum atomic E-state index is 10.8. The van der Waals surface area contributed by atoms with Crippen LogP contribution in [0.25, 0.3) is 0 Å². The summed E-state index contributed by atoms with van der Waals surface area (Å²) in [6.07, 6.45) is 1.49. The zero-order valence-corrected chi connectivity index (χ0v) is 12.2. The summed E-state index contributed by atoms with van der Waals surface area (Å²) in [5, 5.41) is 0. The second-order valence-electron chi connectivity index (χ2n) is 6.90.